The van der Waals surface area contributed by atoms with Crippen LogP contribution >= 0.6 is 0 Å². The molecule has 0 aliphatic carbocycles. The van der Waals surface area contributed by atoms with Crippen molar-refractivity contribution in [2.45, 2.75) is 19.9 Å². The van der Waals surface area contributed by atoms with Gasteiger partial charge >= 0.3 is 0 Å². The van der Waals surface area contributed by atoms with Crippen molar-refractivity contribution in [3.05, 3.63) is 47.3 Å². The Morgan fingerprint density at radius 3 is 2.89 bits per heavy atom. The molecule has 0 fully saturated rings. The van der Waals surface area contributed by atoms with Crippen molar-refractivity contribution in [1.29, 1.82) is 0 Å². The van der Waals surface area contributed by atoms with Crippen molar-refractivity contribution in [2.75, 3.05) is 0 Å². The molecule has 5 heteroatoms. The van der Waals surface area contributed by atoms with Gasteiger partial charge in [0.25, 0.3) is 5.91 Å². The SMILES string of the molecule is Cc1[nH]ncc1C(=O)NC(C)c1cccc(O)c1. The first-order chi connectivity index (χ1) is 8.58. The van der Waals surface area contributed by atoms with Gasteiger partial charge < -0.3 is 10.4 Å². The van der Waals surface area contributed by atoms with Gasteiger partial charge in [-0.1, -0.05) is 12.1 Å². The van der Waals surface area contributed by atoms with E-state index in [-0.39, 0.29) is 17.7 Å². The summed E-state index contributed by atoms with van der Waals surface area (Å²) in [6, 6.07) is 6.65. The number of phenols is 1. The number of amides is 1. The monoisotopic (exact) mass is 245 g/mol. The first-order valence-corrected chi connectivity index (χ1v) is 5.67. The van der Waals surface area contributed by atoms with Gasteiger partial charge in [0.15, 0.2) is 0 Å². The Balaban J connectivity index is 2.10. The molecule has 1 unspecified atom stereocenters. The Bertz CT molecular complexity index is 563. The highest BCUT2D eigenvalue weighted by Crippen LogP contribution is 2.18. The lowest BCUT2D eigenvalue weighted by molar-refractivity contribution is 0.0939. The second kappa shape index (κ2) is 4.91. The first kappa shape index (κ1) is 12.2. The van der Waals surface area contributed by atoms with Gasteiger partial charge in [-0.2, -0.15) is 5.10 Å². The lowest BCUT2D eigenvalue weighted by atomic mass is 10.1. The number of carbonyl (C=O) groups is 1. The fourth-order valence-corrected chi connectivity index (χ4v) is 1.73. The van der Waals surface area contributed by atoms with Gasteiger partial charge in [-0.05, 0) is 31.5 Å². The summed E-state index contributed by atoms with van der Waals surface area (Å²) in [5.41, 5.74) is 2.11. The van der Waals surface area contributed by atoms with E-state index < -0.39 is 0 Å². The molecule has 0 saturated carbocycles. The number of nitrogens with one attached hydrogen (secondary N) is 2. The van der Waals surface area contributed by atoms with Gasteiger partial charge in [0, 0.05) is 5.69 Å². The minimum atomic E-state index is -0.183. The standard InChI is InChI=1S/C13H15N3O2/c1-8(10-4-3-5-11(17)6-10)15-13(18)12-7-14-16-9(12)2/h3-8,17H,1-2H3,(H,14,16)(H,15,18). The topological polar surface area (TPSA) is 78.0 Å². The van der Waals surface area contributed by atoms with Crippen LogP contribution < -0.4 is 5.32 Å². The molecule has 2 aromatic rings. The van der Waals surface area contributed by atoms with Crippen molar-refractivity contribution in [3.8, 4) is 5.75 Å². The first-order valence-electron chi connectivity index (χ1n) is 5.67. The zero-order chi connectivity index (χ0) is 13.1. The second-order valence-electron chi connectivity index (χ2n) is 4.20. The molecule has 0 spiro atoms. The number of hydrogen-bond donors (Lipinski definition) is 3. The summed E-state index contributed by atoms with van der Waals surface area (Å²) in [6.07, 6.45) is 1.50. The molecule has 18 heavy (non-hydrogen) atoms. The molecule has 1 amide bonds. The molecule has 2 rings (SSSR count). The number of nitrogens with zero attached hydrogens (tertiary/aromatic N) is 1. The quantitative estimate of drug-likeness (QED) is 0.773. The summed E-state index contributed by atoms with van der Waals surface area (Å²) in [5, 5.41) is 18.8. The Morgan fingerprint density at radius 2 is 2.28 bits per heavy atom. The maximum absolute atomic E-state index is 12.0. The van der Waals surface area contributed by atoms with Gasteiger partial charge in [-0.25, -0.2) is 0 Å². The number of phenolic OH excluding ortho intramolecular Hbond substituents is 1. The number of hydrogen-bond acceptors (Lipinski definition) is 3. The van der Waals surface area contributed by atoms with E-state index in [1.54, 1.807) is 25.1 Å². The smallest absolute Gasteiger partial charge is 0.255 e. The normalized spacial score (nSPS) is 12.1. The summed E-state index contributed by atoms with van der Waals surface area (Å²) < 4.78 is 0. The molecular formula is C13H15N3O2. The van der Waals surface area contributed by atoms with E-state index >= 15 is 0 Å². The van der Waals surface area contributed by atoms with E-state index in [4.69, 9.17) is 0 Å². The number of aromatic amines is 1. The maximum atomic E-state index is 12.0. The molecule has 1 aromatic heterocycles. The third-order valence-electron chi connectivity index (χ3n) is 2.79. The fraction of sp³-hybridized carbons (Fsp3) is 0.231. The van der Waals surface area contributed by atoms with Crippen LogP contribution in [0.3, 0.4) is 0 Å². The molecular weight excluding hydrogens is 230 g/mol. The van der Waals surface area contributed by atoms with E-state index in [2.05, 4.69) is 15.5 Å². The van der Waals surface area contributed by atoms with E-state index in [0.29, 0.717) is 5.56 Å². The van der Waals surface area contributed by atoms with Crippen molar-refractivity contribution in [1.82, 2.24) is 15.5 Å². The lowest BCUT2D eigenvalue weighted by Crippen LogP contribution is -2.26. The molecule has 0 aliphatic rings. The Morgan fingerprint density at radius 1 is 1.50 bits per heavy atom. The van der Waals surface area contributed by atoms with E-state index in [9.17, 15) is 9.90 Å². The number of H-pyrrole nitrogens is 1. The molecule has 0 bridgehead atoms. The van der Waals surface area contributed by atoms with Gasteiger partial charge in [0.1, 0.15) is 5.75 Å². The number of rotatable bonds is 3. The third kappa shape index (κ3) is 2.51. The molecule has 94 valence electrons. The van der Waals surface area contributed by atoms with E-state index in [1.807, 2.05) is 13.0 Å². The summed E-state index contributed by atoms with van der Waals surface area (Å²) in [7, 11) is 0. The average Bonchev–Trinajstić information content (AvgIpc) is 2.75. The zero-order valence-corrected chi connectivity index (χ0v) is 10.3. The lowest BCUT2D eigenvalue weighted by Gasteiger charge is -2.14. The molecule has 1 heterocycles. The van der Waals surface area contributed by atoms with E-state index in [1.165, 1.54) is 6.20 Å². The van der Waals surface area contributed by atoms with Crippen LogP contribution in [0.1, 0.15) is 34.6 Å². The third-order valence-corrected chi connectivity index (χ3v) is 2.79. The highest BCUT2D eigenvalue weighted by molar-refractivity contribution is 5.95. The number of carbonyl (C=O) groups excluding carboxylic acids is 1. The predicted molar refractivity (Wildman–Crippen MR) is 67.3 cm³/mol. The van der Waals surface area contributed by atoms with Gasteiger partial charge in [-0.15, -0.1) is 0 Å². The number of aryl methyl sites for hydroxylation is 1. The van der Waals surface area contributed by atoms with Crippen LogP contribution in [-0.2, 0) is 0 Å². The minimum absolute atomic E-state index is 0.182. The van der Waals surface area contributed by atoms with Crippen molar-refractivity contribution in [3.63, 3.8) is 0 Å². The Kier molecular flexibility index (Phi) is 3.32. The van der Waals surface area contributed by atoms with Crippen LogP contribution in [0.4, 0.5) is 0 Å². The summed E-state index contributed by atoms with van der Waals surface area (Å²) in [4.78, 5) is 12.0. The van der Waals surface area contributed by atoms with Gasteiger partial charge in [-0.3, -0.25) is 9.89 Å². The second-order valence-corrected chi connectivity index (χ2v) is 4.20. The predicted octanol–water partition coefficient (Wildman–Crippen LogP) is 1.91. The Labute approximate surface area is 105 Å². The van der Waals surface area contributed by atoms with E-state index in [0.717, 1.165) is 11.3 Å². The van der Waals surface area contributed by atoms with Crippen LogP contribution in [0.15, 0.2) is 30.5 Å². The van der Waals surface area contributed by atoms with Crippen LogP contribution in [0.2, 0.25) is 0 Å². The van der Waals surface area contributed by atoms with Gasteiger partial charge in [0.05, 0.1) is 17.8 Å². The molecule has 0 radical (unpaired) electrons. The number of aromatic hydroxyl groups is 1. The Hall–Kier alpha value is -2.30. The molecule has 1 atom stereocenters. The number of aromatic nitrogens is 2. The maximum Gasteiger partial charge on any atom is 0.255 e. The van der Waals surface area contributed by atoms with Crippen LogP contribution in [0, 0.1) is 6.92 Å². The van der Waals surface area contributed by atoms with Crippen molar-refractivity contribution >= 4 is 5.91 Å². The molecule has 5 nitrogen and oxygen atoms in total. The molecule has 0 saturated heterocycles. The molecule has 0 aliphatic heterocycles. The highest BCUT2D eigenvalue weighted by atomic mass is 16.3. The molecule has 3 N–H and O–H groups in total. The van der Waals surface area contributed by atoms with Crippen LogP contribution in [0.5, 0.6) is 5.75 Å². The fourth-order valence-electron chi connectivity index (χ4n) is 1.73. The summed E-state index contributed by atoms with van der Waals surface area (Å²) in [6.45, 7) is 3.66. The summed E-state index contributed by atoms with van der Waals surface area (Å²) in [5.74, 6) is 0.00480. The largest absolute Gasteiger partial charge is 0.508 e. The summed E-state index contributed by atoms with van der Waals surface area (Å²) >= 11 is 0. The van der Waals surface area contributed by atoms with Crippen LogP contribution in [-0.4, -0.2) is 21.2 Å². The van der Waals surface area contributed by atoms with Gasteiger partial charge in [0.2, 0.25) is 0 Å². The zero-order valence-electron chi connectivity index (χ0n) is 10.3. The van der Waals surface area contributed by atoms with Crippen molar-refractivity contribution in [2.24, 2.45) is 0 Å². The van der Waals surface area contributed by atoms with Crippen LogP contribution in [0.25, 0.3) is 0 Å². The average molecular weight is 245 g/mol. The molecule has 1 aromatic carbocycles. The highest BCUT2D eigenvalue weighted by Gasteiger charge is 2.14. The number of benzene rings is 1. The van der Waals surface area contributed by atoms with Crippen molar-refractivity contribution < 1.29 is 9.90 Å². The minimum Gasteiger partial charge on any atom is -0.508 e.